The first kappa shape index (κ1) is 12.5. The number of aromatic nitrogens is 1. The number of hydrogen-bond donors (Lipinski definition) is 1. The zero-order valence-electron chi connectivity index (χ0n) is 9.63. The molecule has 0 saturated carbocycles. The number of nitrogens with one attached hydrogen (secondary N) is 1. The molecular formula is C12H19ClN2. The minimum atomic E-state index is 0.329. The van der Waals surface area contributed by atoms with E-state index in [0.29, 0.717) is 12.0 Å². The molecule has 0 bridgehead atoms. The average Bonchev–Trinajstić information content (AvgIpc) is 2.26. The molecule has 2 atom stereocenters. The van der Waals surface area contributed by atoms with Gasteiger partial charge in [-0.2, -0.15) is 0 Å². The maximum absolute atomic E-state index is 6.12. The molecule has 1 aromatic rings. The van der Waals surface area contributed by atoms with E-state index in [9.17, 15) is 0 Å². The van der Waals surface area contributed by atoms with Gasteiger partial charge in [0.25, 0.3) is 0 Å². The predicted octanol–water partition coefficient (Wildman–Crippen LogP) is 3.43. The molecule has 0 aliphatic rings. The van der Waals surface area contributed by atoms with Crippen LogP contribution in [0.2, 0.25) is 5.02 Å². The van der Waals surface area contributed by atoms with Crippen molar-refractivity contribution in [2.24, 2.45) is 5.92 Å². The van der Waals surface area contributed by atoms with Gasteiger partial charge in [-0.15, -0.1) is 0 Å². The van der Waals surface area contributed by atoms with Gasteiger partial charge in [0.15, 0.2) is 0 Å². The van der Waals surface area contributed by atoms with Crippen molar-refractivity contribution in [1.29, 1.82) is 0 Å². The second-order valence-corrected chi connectivity index (χ2v) is 4.39. The summed E-state index contributed by atoms with van der Waals surface area (Å²) in [5.41, 5.74) is 1.15. The maximum Gasteiger partial charge on any atom is 0.0637 e. The Morgan fingerprint density at radius 1 is 1.53 bits per heavy atom. The second-order valence-electron chi connectivity index (χ2n) is 3.99. The van der Waals surface area contributed by atoms with E-state index in [1.54, 1.807) is 12.4 Å². The molecule has 1 heterocycles. The Bertz CT molecular complexity index is 301. The van der Waals surface area contributed by atoms with Crippen molar-refractivity contribution in [3.8, 4) is 0 Å². The Labute approximate surface area is 97.1 Å². The largest absolute Gasteiger partial charge is 0.313 e. The van der Waals surface area contributed by atoms with E-state index < -0.39 is 0 Å². The van der Waals surface area contributed by atoms with Crippen LogP contribution in [0.5, 0.6) is 0 Å². The van der Waals surface area contributed by atoms with Gasteiger partial charge in [0.2, 0.25) is 0 Å². The van der Waals surface area contributed by atoms with Crippen molar-refractivity contribution >= 4 is 11.6 Å². The minimum Gasteiger partial charge on any atom is -0.313 e. The van der Waals surface area contributed by atoms with Crippen LogP contribution in [-0.2, 0) is 0 Å². The molecule has 84 valence electrons. The van der Waals surface area contributed by atoms with Crippen molar-refractivity contribution in [2.45, 2.75) is 32.7 Å². The standard InChI is InChI=1S/C12H19ClN2/c1-4-9(2)7-12(14-3)10-5-6-15-8-11(10)13/h5-6,8-9,12,14H,4,7H2,1-3H3. The predicted molar refractivity (Wildman–Crippen MR) is 65.1 cm³/mol. The highest BCUT2D eigenvalue weighted by Gasteiger charge is 2.15. The van der Waals surface area contributed by atoms with E-state index in [-0.39, 0.29) is 0 Å². The number of hydrogen-bond acceptors (Lipinski definition) is 2. The summed E-state index contributed by atoms with van der Waals surface area (Å²) in [4.78, 5) is 4.00. The molecule has 15 heavy (non-hydrogen) atoms. The van der Waals surface area contributed by atoms with E-state index in [0.717, 1.165) is 17.0 Å². The summed E-state index contributed by atoms with van der Waals surface area (Å²) in [6.45, 7) is 4.48. The molecule has 2 nitrogen and oxygen atoms in total. The Balaban J connectivity index is 2.78. The van der Waals surface area contributed by atoms with Crippen LogP contribution in [0.4, 0.5) is 0 Å². The van der Waals surface area contributed by atoms with Gasteiger partial charge in [-0.1, -0.05) is 31.9 Å². The molecule has 0 aliphatic heterocycles. The quantitative estimate of drug-likeness (QED) is 0.832. The molecular weight excluding hydrogens is 208 g/mol. The first-order chi connectivity index (χ1) is 7.19. The molecule has 0 aliphatic carbocycles. The van der Waals surface area contributed by atoms with Gasteiger partial charge in [-0.05, 0) is 31.0 Å². The third-order valence-electron chi connectivity index (χ3n) is 2.86. The Kier molecular flexibility index (Phi) is 5.06. The van der Waals surface area contributed by atoms with E-state index >= 15 is 0 Å². The van der Waals surface area contributed by atoms with Crippen molar-refractivity contribution in [3.05, 3.63) is 29.0 Å². The zero-order valence-corrected chi connectivity index (χ0v) is 10.4. The van der Waals surface area contributed by atoms with Crippen LogP contribution in [-0.4, -0.2) is 12.0 Å². The molecule has 0 aromatic carbocycles. The summed E-state index contributed by atoms with van der Waals surface area (Å²) >= 11 is 6.12. The molecule has 2 unspecified atom stereocenters. The van der Waals surface area contributed by atoms with Gasteiger partial charge in [-0.25, -0.2) is 0 Å². The van der Waals surface area contributed by atoms with Crippen molar-refractivity contribution in [2.75, 3.05) is 7.05 Å². The van der Waals surface area contributed by atoms with E-state index in [4.69, 9.17) is 11.6 Å². The highest BCUT2D eigenvalue weighted by Crippen LogP contribution is 2.27. The first-order valence-electron chi connectivity index (χ1n) is 5.45. The summed E-state index contributed by atoms with van der Waals surface area (Å²) in [5.74, 6) is 0.701. The van der Waals surface area contributed by atoms with E-state index in [2.05, 4.69) is 24.1 Å². The van der Waals surface area contributed by atoms with Gasteiger partial charge in [0.1, 0.15) is 0 Å². The Morgan fingerprint density at radius 3 is 2.80 bits per heavy atom. The monoisotopic (exact) mass is 226 g/mol. The fourth-order valence-corrected chi connectivity index (χ4v) is 1.89. The smallest absolute Gasteiger partial charge is 0.0637 e. The van der Waals surface area contributed by atoms with Gasteiger partial charge in [0, 0.05) is 18.4 Å². The lowest BCUT2D eigenvalue weighted by Crippen LogP contribution is -2.19. The Hall–Kier alpha value is -0.600. The van der Waals surface area contributed by atoms with Crippen molar-refractivity contribution in [1.82, 2.24) is 10.3 Å². The summed E-state index contributed by atoms with van der Waals surface area (Å²) in [7, 11) is 1.98. The molecule has 0 amide bonds. The fourth-order valence-electron chi connectivity index (χ4n) is 1.64. The summed E-state index contributed by atoms with van der Waals surface area (Å²) in [6, 6.07) is 2.32. The minimum absolute atomic E-state index is 0.329. The molecule has 1 rings (SSSR count). The SMILES string of the molecule is CCC(C)CC(NC)c1ccncc1Cl. The number of halogens is 1. The lowest BCUT2D eigenvalue weighted by Gasteiger charge is -2.20. The number of pyridine rings is 1. The highest BCUT2D eigenvalue weighted by molar-refractivity contribution is 6.31. The number of rotatable bonds is 5. The molecule has 3 heteroatoms. The van der Waals surface area contributed by atoms with Crippen LogP contribution < -0.4 is 5.32 Å². The van der Waals surface area contributed by atoms with Gasteiger partial charge in [0.05, 0.1) is 5.02 Å². The Morgan fingerprint density at radius 2 is 2.27 bits per heavy atom. The van der Waals surface area contributed by atoms with E-state index in [1.165, 1.54) is 6.42 Å². The van der Waals surface area contributed by atoms with Crippen LogP contribution in [0.25, 0.3) is 0 Å². The van der Waals surface area contributed by atoms with Crippen LogP contribution in [0.15, 0.2) is 18.5 Å². The average molecular weight is 227 g/mol. The second kappa shape index (κ2) is 6.09. The first-order valence-corrected chi connectivity index (χ1v) is 5.83. The molecule has 0 spiro atoms. The molecule has 1 aromatic heterocycles. The summed E-state index contributed by atoms with van der Waals surface area (Å²) in [5, 5.41) is 4.06. The van der Waals surface area contributed by atoms with Gasteiger partial charge in [-0.3, -0.25) is 4.98 Å². The molecule has 1 N–H and O–H groups in total. The third kappa shape index (κ3) is 3.47. The molecule has 0 saturated heterocycles. The van der Waals surface area contributed by atoms with Crippen LogP contribution in [0.1, 0.15) is 38.3 Å². The van der Waals surface area contributed by atoms with E-state index in [1.807, 2.05) is 13.1 Å². The van der Waals surface area contributed by atoms with Crippen LogP contribution in [0.3, 0.4) is 0 Å². The van der Waals surface area contributed by atoms with Crippen molar-refractivity contribution < 1.29 is 0 Å². The van der Waals surface area contributed by atoms with Crippen LogP contribution >= 0.6 is 11.6 Å². The van der Waals surface area contributed by atoms with Crippen LogP contribution in [0, 0.1) is 5.92 Å². The summed E-state index contributed by atoms with van der Waals surface area (Å²) in [6.07, 6.45) is 5.80. The lowest BCUT2D eigenvalue weighted by molar-refractivity contribution is 0.422. The normalized spacial score (nSPS) is 14.9. The lowest BCUT2D eigenvalue weighted by atomic mass is 9.95. The maximum atomic E-state index is 6.12. The zero-order chi connectivity index (χ0) is 11.3. The summed E-state index contributed by atoms with van der Waals surface area (Å²) < 4.78 is 0. The fraction of sp³-hybridized carbons (Fsp3) is 0.583. The van der Waals surface area contributed by atoms with Gasteiger partial charge < -0.3 is 5.32 Å². The van der Waals surface area contributed by atoms with Crippen molar-refractivity contribution in [3.63, 3.8) is 0 Å². The molecule has 0 fully saturated rings. The highest BCUT2D eigenvalue weighted by atomic mass is 35.5. The molecule has 0 radical (unpaired) electrons. The third-order valence-corrected chi connectivity index (χ3v) is 3.18. The topological polar surface area (TPSA) is 24.9 Å². The number of nitrogens with zero attached hydrogens (tertiary/aromatic N) is 1. The van der Waals surface area contributed by atoms with Gasteiger partial charge >= 0.3 is 0 Å².